The zero-order valence-corrected chi connectivity index (χ0v) is 22.6. The summed E-state index contributed by atoms with van der Waals surface area (Å²) in [6, 6.07) is 13.4. The molecule has 3 N–H and O–H groups in total. The van der Waals surface area contributed by atoms with Gasteiger partial charge in [0, 0.05) is 48.2 Å². The number of carbonyl (C=O) groups excluding carboxylic acids is 2. The van der Waals surface area contributed by atoms with Crippen molar-refractivity contribution in [1.82, 2.24) is 34.4 Å². The summed E-state index contributed by atoms with van der Waals surface area (Å²) in [7, 11) is 0. The van der Waals surface area contributed by atoms with E-state index in [1.807, 2.05) is 64.9 Å². The van der Waals surface area contributed by atoms with Gasteiger partial charge in [-0.1, -0.05) is 0 Å². The molecule has 0 spiro atoms. The first-order valence-corrected chi connectivity index (χ1v) is 14.0. The molecule has 39 heavy (non-hydrogen) atoms. The van der Waals surface area contributed by atoms with Crippen LogP contribution in [-0.2, 0) is 9.59 Å². The van der Waals surface area contributed by atoms with Crippen molar-refractivity contribution in [1.29, 1.82) is 0 Å². The number of H-pyrrole nitrogens is 1. The van der Waals surface area contributed by atoms with Crippen molar-refractivity contribution in [3.63, 3.8) is 0 Å². The fourth-order valence-corrected chi connectivity index (χ4v) is 5.88. The van der Waals surface area contributed by atoms with Gasteiger partial charge in [0.15, 0.2) is 11.0 Å². The van der Waals surface area contributed by atoms with Gasteiger partial charge in [0.2, 0.25) is 17.8 Å². The highest BCUT2D eigenvalue weighted by Crippen LogP contribution is 2.28. The maximum absolute atomic E-state index is 12.7. The van der Waals surface area contributed by atoms with Crippen LogP contribution in [-0.4, -0.2) is 78.9 Å². The van der Waals surface area contributed by atoms with E-state index in [-0.39, 0.29) is 24.3 Å². The molecule has 6 rings (SSSR count). The molecule has 3 aromatic heterocycles. The molecule has 5 heterocycles. The number of hydrogen-bond acceptors (Lipinski definition) is 8. The summed E-state index contributed by atoms with van der Waals surface area (Å²) in [5, 5.41) is 14.0. The topological polar surface area (TPSA) is 124 Å². The van der Waals surface area contributed by atoms with Crippen molar-refractivity contribution in [2.45, 2.75) is 36.2 Å². The van der Waals surface area contributed by atoms with Crippen molar-refractivity contribution in [3.8, 4) is 0 Å². The van der Waals surface area contributed by atoms with E-state index in [9.17, 15) is 9.59 Å². The Morgan fingerprint density at radius 3 is 2.69 bits per heavy atom. The van der Waals surface area contributed by atoms with Gasteiger partial charge in [0.25, 0.3) is 0 Å². The Balaban J connectivity index is 1.04. The lowest BCUT2D eigenvalue weighted by atomic mass is 10.1. The van der Waals surface area contributed by atoms with E-state index in [1.165, 1.54) is 11.8 Å². The minimum Gasteiger partial charge on any atom is -0.342 e. The number of benzene rings is 1. The average Bonchev–Trinajstić information content (AvgIpc) is 3.73. The Morgan fingerprint density at radius 1 is 1.10 bits per heavy atom. The average molecular weight is 546 g/mol. The number of aromatic amines is 1. The predicted molar refractivity (Wildman–Crippen MR) is 149 cm³/mol. The minimum absolute atomic E-state index is 0.0135. The molecule has 12 heteroatoms. The second-order valence-corrected chi connectivity index (χ2v) is 11.1. The van der Waals surface area contributed by atoms with E-state index < -0.39 is 0 Å². The number of carbonyl (C=O) groups is 2. The third kappa shape index (κ3) is 5.91. The van der Waals surface area contributed by atoms with Crippen LogP contribution in [0.1, 0.15) is 25.0 Å². The highest BCUT2D eigenvalue weighted by molar-refractivity contribution is 7.99. The van der Waals surface area contributed by atoms with Crippen LogP contribution in [0.25, 0.3) is 5.65 Å². The van der Waals surface area contributed by atoms with E-state index >= 15 is 0 Å². The fraction of sp³-hybridized carbons (Fsp3) is 0.370. The molecule has 0 saturated carbocycles. The Kier molecular flexibility index (Phi) is 7.20. The van der Waals surface area contributed by atoms with Crippen LogP contribution in [0.4, 0.5) is 17.5 Å². The van der Waals surface area contributed by atoms with E-state index in [0.29, 0.717) is 23.5 Å². The molecule has 2 amide bonds. The van der Waals surface area contributed by atoms with Gasteiger partial charge in [0.1, 0.15) is 5.65 Å². The van der Waals surface area contributed by atoms with Gasteiger partial charge in [0.05, 0.1) is 12.5 Å². The Morgan fingerprint density at radius 2 is 1.92 bits per heavy atom. The third-order valence-corrected chi connectivity index (χ3v) is 7.94. The number of aryl methyl sites for hydroxylation is 1. The van der Waals surface area contributed by atoms with Crippen LogP contribution in [0.2, 0.25) is 0 Å². The number of likely N-dealkylation sites (tertiary alicyclic amines) is 2. The zero-order valence-electron chi connectivity index (χ0n) is 21.8. The molecule has 11 nitrogen and oxygen atoms in total. The molecule has 2 aliphatic rings. The summed E-state index contributed by atoms with van der Waals surface area (Å²) in [6.07, 6.45) is 4.92. The maximum atomic E-state index is 12.7. The summed E-state index contributed by atoms with van der Waals surface area (Å²) < 4.78 is 1.87. The van der Waals surface area contributed by atoms with Crippen LogP contribution in [0.15, 0.2) is 58.7 Å². The van der Waals surface area contributed by atoms with Gasteiger partial charge >= 0.3 is 0 Å². The van der Waals surface area contributed by atoms with E-state index in [2.05, 4.69) is 30.7 Å². The van der Waals surface area contributed by atoms with Crippen LogP contribution < -0.4 is 10.6 Å². The number of aromatic nitrogens is 5. The highest BCUT2D eigenvalue weighted by atomic mass is 32.2. The van der Waals surface area contributed by atoms with Crippen LogP contribution in [0.5, 0.6) is 0 Å². The molecule has 1 atom stereocenters. The van der Waals surface area contributed by atoms with E-state index in [4.69, 9.17) is 4.98 Å². The molecular weight excluding hydrogens is 514 g/mol. The highest BCUT2D eigenvalue weighted by Gasteiger charge is 2.33. The summed E-state index contributed by atoms with van der Waals surface area (Å²) in [5.74, 6) is 1.49. The van der Waals surface area contributed by atoms with Crippen molar-refractivity contribution in [2.24, 2.45) is 5.92 Å². The Hall–Kier alpha value is -3.90. The van der Waals surface area contributed by atoms with Gasteiger partial charge in [-0.25, -0.2) is 4.98 Å². The fourth-order valence-electron chi connectivity index (χ4n) is 5.13. The lowest BCUT2D eigenvalue weighted by molar-refractivity contribution is -0.134. The summed E-state index contributed by atoms with van der Waals surface area (Å²) >= 11 is 1.44. The van der Waals surface area contributed by atoms with E-state index in [1.54, 1.807) is 0 Å². The lowest BCUT2D eigenvalue weighted by Crippen LogP contribution is -2.36. The number of amides is 2. The first kappa shape index (κ1) is 25.4. The van der Waals surface area contributed by atoms with Crippen LogP contribution in [0, 0.1) is 12.8 Å². The van der Waals surface area contributed by atoms with Gasteiger partial charge in [-0.15, -0.1) is 0 Å². The molecule has 202 valence electrons. The second kappa shape index (κ2) is 11.1. The second-order valence-electron chi connectivity index (χ2n) is 10.1. The molecule has 1 aromatic carbocycles. The number of nitrogens with one attached hydrogen (secondary N) is 3. The molecule has 4 aromatic rings. The smallest absolute Gasteiger partial charge is 0.238 e. The first-order chi connectivity index (χ1) is 19.0. The van der Waals surface area contributed by atoms with E-state index in [0.717, 1.165) is 60.8 Å². The molecular formula is C27H31N9O2S. The number of fused-ring (bicyclic) bond motifs is 1. The maximum Gasteiger partial charge on any atom is 0.238 e. The lowest BCUT2D eigenvalue weighted by Gasteiger charge is -2.20. The number of hydrogen-bond donors (Lipinski definition) is 3. The SMILES string of the molecule is Cc1cc(Nc2nc(Sc3ccc(NC(=O)CN4CCC(C(=O)N5CCCC5)C4)cc3)nc3cccn23)n[nH]1. The normalized spacial score (nSPS) is 17.7. The number of anilines is 3. The summed E-state index contributed by atoms with van der Waals surface area (Å²) in [4.78, 5) is 39.7. The minimum atomic E-state index is -0.0731. The molecule has 1 unspecified atom stereocenters. The molecule has 2 saturated heterocycles. The van der Waals surface area contributed by atoms with Crippen LogP contribution in [0.3, 0.4) is 0 Å². The predicted octanol–water partition coefficient (Wildman–Crippen LogP) is 3.54. The van der Waals surface area contributed by atoms with Crippen LogP contribution >= 0.6 is 11.8 Å². The van der Waals surface area contributed by atoms with Crippen molar-refractivity contribution in [2.75, 3.05) is 43.4 Å². The van der Waals surface area contributed by atoms with Crippen molar-refractivity contribution < 1.29 is 9.59 Å². The first-order valence-electron chi connectivity index (χ1n) is 13.2. The molecule has 0 aliphatic carbocycles. The van der Waals surface area contributed by atoms with Crippen molar-refractivity contribution in [3.05, 3.63) is 54.4 Å². The monoisotopic (exact) mass is 545 g/mol. The zero-order chi connectivity index (χ0) is 26.8. The Bertz CT molecular complexity index is 1480. The van der Waals surface area contributed by atoms with Gasteiger partial charge in [-0.2, -0.15) is 10.1 Å². The van der Waals surface area contributed by atoms with Gasteiger partial charge in [-0.05, 0) is 80.9 Å². The quantitative estimate of drug-likeness (QED) is 0.307. The van der Waals surface area contributed by atoms with Gasteiger partial charge in [-0.3, -0.25) is 24.0 Å². The molecule has 2 aliphatic heterocycles. The molecule has 2 fully saturated rings. The standard InChI is InChI=1S/C27H31N9O2S/c1-18-15-22(33-32-18)29-26-31-27(30-23-5-4-13-36(23)26)39-21-8-6-20(7-9-21)28-24(37)17-34-14-10-19(16-34)25(38)35-11-2-3-12-35/h4-9,13,15,19H,2-3,10-12,14,16-17H2,1H3,(H,28,37)(H2,29,30,31,32,33). The number of nitrogens with zero attached hydrogens (tertiary/aromatic N) is 6. The van der Waals surface area contributed by atoms with Crippen molar-refractivity contribution >= 4 is 46.7 Å². The molecule has 0 bridgehead atoms. The van der Waals surface area contributed by atoms with Gasteiger partial charge < -0.3 is 15.5 Å². The number of rotatable bonds is 8. The third-order valence-electron chi connectivity index (χ3n) is 7.07. The largest absolute Gasteiger partial charge is 0.342 e. The summed E-state index contributed by atoms with van der Waals surface area (Å²) in [6.45, 7) is 5.41. The summed E-state index contributed by atoms with van der Waals surface area (Å²) in [5.41, 5.74) is 2.46. The Labute approximate surface area is 230 Å². The molecule has 0 radical (unpaired) electrons.